The molecule has 0 saturated carbocycles. The Balaban J connectivity index is 1.98. The van der Waals surface area contributed by atoms with Crippen LogP contribution in [-0.4, -0.2) is 29.8 Å². The molecule has 0 fully saturated rings. The van der Waals surface area contributed by atoms with E-state index in [4.69, 9.17) is 0 Å². The summed E-state index contributed by atoms with van der Waals surface area (Å²) >= 11 is 1.57. The lowest BCUT2D eigenvalue weighted by atomic mass is 10.1. The molecular weight excluding hydrogens is 284 g/mol. The molecule has 0 atom stereocenters. The van der Waals surface area contributed by atoms with Crippen LogP contribution in [0.25, 0.3) is 0 Å². The van der Waals surface area contributed by atoms with Crippen LogP contribution in [0.15, 0.2) is 6.07 Å². The smallest absolute Gasteiger partial charge is 0.261 e. The van der Waals surface area contributed by atoms with Crippen LogP contribution in [0.5, 0.6) is 0 Å². The van der Waals surface area contributed by atoms with Gasteiger partial charge in [0.25, 0.3) is 5.91 Å². The van der Waals surface area contributed by atoms with Crippen molar-refractivity contribution < 1.29 is 9.59 Å². The van der Waals surface area contributed by atoms with Gasteiger partial charge in [-0.05, 0) is 30.4 Å². The zero-order chi connectivity index (χ0) is 15.4. The van der Waals surface area contributed by atoms with Crippen molar-refractivity contribution in [2.45, 2.75) is 46.6 Å². The first-order chi connectivity index (χ1) is 10.0. The normalized spacial score (nSPS) is 14.2. The maximum atomic E-state index is 12.1. The summed E-state index contributed by atoms with van der Waals surface area (Å²) in [5.41, 5.74) is 1.14. The lowest BCUT2D eigenvalue weighted by Gasteiger charge is -2.26. The molecule has 0 aromatic carbocycles. The van der Waals surface area contributed by atoms with Crippen LogP contribution >= 0.6 is 11.3 Å². The Labute approximate surface area is 130 Å². The Morgan fingerprint density at radius 3 is 2.86 bits per heavy atom. The summed E-state index contributed by atoms with van der Waals surface area (Å²) in [6.45, 7) is 8.33. The van der Waals surface area contributed by atoms with Crippen LogP contribution in [0.1, 0.15) is 53.7 Å². The molecule has 1 aliphatic rings. The fourth-order valence-electron chi connectivity index (χ4n) is 2.44. The fourth-order valence-corrected chi connectivity index (χ4v) is 3.52. The van der Waals surface area contributed by atoms with Crippen molar-refractivity contribution >= 4 is 23.2 Å². The zero-order valence-electron chi connectivity index (χ0n) is 13.1. The van der Waals surface area contributed by atoms with Crippen LogP contribution in [0.3, 0.4) is 0 Å². The molecule has 0 aliphatic carbocycles. The largest absolute Gasteiger partial charge is 0.351 e. The molecule has 0 bridgehead atoms. The molecule has 1 aliphatic heterocycles. The highest BCUT2D eigenvalue weighted by Crippen LogP contribution is 2.28. The van der Waals surface area contributed by atoms with Gasteiger partial charge in [0.15, 0.2) is 0 Å². The molecule has 0 saturated heterocycles. The fraction of sp³-hybridized carbons (Fsp3) is 0.625. The van der Waals surface area contributed by atoms with E-state index >= 15 is 0 Å². The van der Waals surface area contributed by atoms with E-state index in [0.717, 1.165) is 36.4 Å². The van der Waals surface area contributed by atoms with Gasteiger partial charge in [-0.3, -0.25) is 9.59 Å². The number of hydrogen-bond acceptors (Lipinski definition) is 3. The zero-order valence-corrected chi connectivity index (χ0v) is 13.9. The van der Waals surface area contributed by atoms with Gasteiger partial charge in [0.1, 0.15) is 0 Å². The molecule has 1 aromatic heterocycles. The second-order valence-corrected chi connectivity index (χ2v) is 7.05. The minimum Gasteiger partial charge on any atom is -0.351 e. The van der Waals surface area contributed by atoms with E-state index in [-0.39, 0.29) is 11.8 Å². The van der Waals surface area contributed by atoms with Crippen molar-refractivity contribution in [3.8, 4) is 0 Å². The van der Waals surface area contributed by atoms with E-state index in [1.807, 2.05) is 17.9 Å². The number of hydrogen-bond donors (Lipinski definition) is 1. The van der Waals surface area contributed by atoms with Crippen LogP contribution in [-0.2, 0) is 17.8 Å². The van der Waals surface area contributed by atoms with E-state index in [2.05, 4.69) is 19.2 Å². The standard InChI is InChI=1S/C16H24N2O2S/c1-4-15(19)18-8-6-13-12(10-18)9-14(21-13)16(20)17-7-5-11(2)3/h9,11H,4-8,10H2,1-3H3,(H,17,20). The van der Waals surface area contributed by atoms with Gasteiger partial charge in [-0.2, -0.15) is 0 Å². The lowest BCUT2D eigenvalue weighted by Crippen LogP contribution is -2.34. The Kier molecular flexibility index (Phi) is 5.39. The third-order valence-corrected chi connectivity index (χ3v) is 4.99. The number of nitrogens with one attached hydrogen (secondary N) is 1. The number of amides is 2. The van der Waals surface area contributed by atoms with Gasteiger partial charge in [0, 0.05) is 30.9 Å². The molecule has 2 rings (SSSR count). The molecule has 0 radical (unpaired) electrons. The molecule has 2 amide bonds. The summed E-state index contributed by atoms with van der Waals surface area (Å²) in [6.07, 6.45) is 2.41. The van der Waals surface area contributed by atoms with Crippen molar-refractivity contribution in [2.75, 3.05) is 13.1 Å². The molecule has 4 nitrogen and oxygen atoms in total. The molecule has 116 valence electrons. The highest BCUT2D eigenvalue weighted by atomic mass is 32.1. The van der Waals surface area contributed by atoms with E-state index < -0.39 is 0 Å². The number of carbonyl (C=O) groups excluding carboxylic acids is 2. The summed E-state index contributed by atoms with van der Waals surface area (Å²) in [5, 5.41) is 2.98. The summed E-state index contributed by atoms with van der Waals surface area (Å²) < 4.78 is 0. The van der Waals surface area contributed by atoms with Crippen LogP contribution in [0, 0.1) is 5.92 Å². The second kappa shape index (κ2) is 7.07. The van der Waals surface area contributed by atoms with Gasteiger partial charge < -0.3 is 10.2 Å². The molecule has 2 heterocycles. The van der Waals surface area contributed by atoms with Crippen molar-refractivity contribution in [2.24, 2.45) is 5.92 Å². The van der Waals surface area contributed by atoms with E-state index in [0.29, 0.717) is 18.9 Å². The van der Waals surface area contributed by atoms with E-state index in [1.165, 1.54) is 4.88 Å². The third kappa shape index (κ3) is 4.06. The van der Waals surface area contributed by atoms with E-state index in [9.17, 15) is 9.59 Å². The van der Waals surface area contributed by atoms with Gasteiger partial charge in [-0.1, -0.05) is 20.8 Å². The summed E-state index contributed by atoms with van der Waals surface area (Å²) in [7, 11) is 0. The maximum absolute atomic E-state index is 12.1. The first kappa shape index (κ1) is 16.0. The average Bonchev–Trinajstić information content (AvgIpc) is 2.88. The Morgan fingerprint density at radius 2 is 2.19 bits per heavy atom. The monoisotopic (exact) mass is 308 g/mol. The highest BCUT2D eigenvalue weighted by Gasteiger charge is 2.23. The first-order valence-corrected chi connectivity index (χ1v) is 8.50. The molecule has 1 N–H and O–H groups in total. The maximum Gasteiger partial charge on any atom is 0.261 e. The molecule has 0 spiro atoms. The van der Waals surface area contributed by atoms with Gasteiger partial charge >= 0.3 is 0 Å². The number of fused-ring (bicyclic) bond motifs is 1. The Hall–Kier alpha value is -1.36. The lowest BCUT2D eigenvalue weighted by molar-refractivity contribution is -0.131. The van der Waals surface area contributed by atoms with Crippen LogP contribution in [0.4, 0.5) is 0 Å². The SMILES string of the molecule is CCC(=O)N1CCc2sc(C(=O)NCCC(C)C)cc2C1. The Bertz CT molecular complexity index is 522. The number of nitrogens with zero attached hydrogens (tertiary/aromatic N) is 1. The van der Waals surface area contributed by atoms with E-state index in [1.54, 1.807) is 11.3 Å². The van der Waals surface area contributed by atoms with Crippen molar-refractivity contribution in [3.63, 3.8) is 0 Å². The number of rotatable bonds is 5. The summed E-state index contributed by atoms with van der Waals surface area (Å²) in [4.78, 5) is 27.8. The topological polar surface area (TPSA) is 49.4 Å². The minimum absolute atomic E-state index is 0.0171. The third-order valence-electron chi connectivity index (χ3n) is 3.75. The summed E-state index contributed by atoms with van der Waals surface area (Å²) in [6, 6.07) is 1.96. The molecular formula is C16H24N2O2S. The number of thiophene rings is 1. The first-order valence-electron chi connectivity index (χ1n) is 7.68. The van der Waals surface area contributed by atoms with Gasteiger partial charge in [0.2, 0.25) is 5.91 Å². The second-order valence-electron chi connectivity index (χ2n) is 5.92. The highest BCUT2D eigenvalue weighted by molar-refractivity contribution is 7.14. The van der Waals surface area contributed by atoms with Gasteiger partial charge in [0.05, 0.1) is 4.88 Å². The van der Waals surface area contributed by atoms with Gasteiger partial charge in [-0.15, -0.1) is 11.3 Å². The van der Waals surface area contributed by atoms with Crippen molar-refractivity contribution in [3.05, 3.63) is 21.4 Å². The van der Waals surface area contributed by atoms with Crippen molar-refractivity contribution in [1.82, 2.24) is 10.2 Å². The van der Waals surface area contributed by atoms with Crippen LogP contribution < -0.4 is 5.32 Å². The Morgan fingerprint density at radius 1 is 1.43 bits per heavy atom. The summed E-state index contributed by atoms with van der Waals surface area (Å²) in [5.74, 6) is 0.800. The average molecular weight is 308 g/mol. The predicted molar refractivity (Wildman–Crippen MR) is 85.5 cm³/mol. The molecule has 21 heavy (non-hydrogen) atoms. The number of carbonyl (C=O) groups is 2. The van der Waals surface area contributed by atoms with Crippen molar-refractivity contribution in [1.29, 1.82) is 0 Å². The predicted octanol–water partition coefficient (Wildman–Crippen LogP) is 2.82. The van der Waals surface area contributed by atoms with Gasteiger partial charge in [-0.25, -0.2) is 0 Å². The molecule has 0 unspecified atom stereocenters. The molecule has 5 heteroatoms. The quantitative estimate of drug-likeness (QED) is 0.909. The van der Waals surface area contributed by atoms with Crippen LogP contribution in [0.2, 0.25) is 0 Å². The molecule has 1 aromatic rings. The minimum atomic E-state index is 0.0171.